The molecule has 0 aliphatic heterocycles. The van der Waals surface area contributed by atoms with Crippen LogP contribution < -0.4 is 5.32 Å². The SMILES string of the molecule is CCNC(c1ccc(C)o1)c1cc(Br)sc1C. The van der Waals surface area contributed by atoms with Gasteiger partial charge in [-0.1, -0.05) is 6.92 Å². The van der Waals surface area contributed by atoms with Gasteiger partial charge in [0.15, 0.2) is 0 Å². The summed E-state index contributed by atoms with van der Waals surface area (Å²) in [5, 5.41) is 3.47. The van der Waals surface area contributed by atoms with Crippen molar-refractivity contribution in [3.05, 3.63) is 43.9 Å². The number of nitrogens with one attached hydrogen (secondary N) is 1. The minimum atomic E-state index is 0.149. The van der Waals surface area contributed by atoms with Crippen LogP contribution in [0.5, 0.6) is 0 Å². The second-order valence-corrected chi connectivity index (χ2v) is 6.64. The van der Waals surface area contributed by atoms with E-state index in [-0.39, 0.29) is 6.04 Å². The van der Waals surface area contributed by atoms with Gasteiger partial charge in [0.1, 0.15) is 11.5 Å². The fraction of sp³-hybridized carbons (Fsp3) is 0.385. The van der Waals surface area contributed by atoms with Gasteiger partial charge in [-0.05, 0) is 60.1 Å². The first-order valence-corrected chi connectivity index (χ1v) is 7.28. The van der Waals surface area contributed by atoms with Gasteiger partial charge in [-0.2, -0.15) is 0 Å². The van der Waals surface area contributed by atoms with Gasteiger partial charge >= 0.3 is 0 Å². The number of hydrogen-bond acceptors (Lipinski definition) is 3. The Morgan fingerprint density at radius 3 is 2.65 bits per heavy atom. The molecule has 17 heavy (non-hydrogen) atoms. The van der Waals surface area contributed by atoms with Crippen LogP contribution in [-0.2, 0) is 0 Å². The van der Waals surface area contributed by atoms with Crippen LogP contribution in [0.2, 0.25) is 0 Å². The van der Waals surface area contributed by atoms with Crippen LogP contribution in [0.1, 0.15) is 34.9 Å². The van der Waals surface area contributed by atoms with Crippen LogP contribution in [-0.4, -0.2) is 6.54 Å². The molecule has 2 aromatic heterocycles. The van der Waals surface area contributed by atoms with E-state index in [4.69, 9.17) is 4.42 Å². The molecular weight excluding hydrogens is 298 g/mol. The molecule has 2 nitrogen and oxygen atoms in total. The highest BCUT2D eigenvalue weighted by atomic mass is 79.9. The molecule has 0 aromatic carbocycles. The molecular formula is C13H16BrNOS. The Balaban J connectivity index is 2.38. The van der Waals surface area contributed by atoms with Crippen LogP contribution in [0.4, 0.5) is 0 Å². The van der Waals surface area contributed by atoms with Crippen molar-refractivity contribution in [3.8, 4) is 0 Å². The summed E-state index contributed by atoms with van der Waals surface area (Å²) < 4.78 is 6.91. The van der Waals surface area contributed by atoms with Gasteiger partial charge in [0.2, 0.25) is 0 Å². The Hall–Kier alpha value is -0.580. The fourth-order valence-electron chi connectivity index (χ4n) is 1.92. The van der Waals surface area contributed by atoms with Gasteiger partial charge in [-0.3, -0.25) is 0 Å². The molecule has 0 bridgehead atoms. The molecule has 0 aliphatic carbocycles. The number of thiophene rings is 1. The Morgan fingerprint density at radius 2 is 2.18 bits per heavy atom. The quantitative estimate of drug-likeness (QED) is 0.904. The first kappa shape index (κ1) is 12.9. The average Bonchev–Trinajstić information content (AvgIpc) is 2.82. The molecule has 4 heteroatoms. The second-order valence-electron chi connectivity index (χ2n) is 4.00. The molecule has 0 aliphatic rings. The van der Waals surface area contributed by atoms with E-state index < -0.39 is 0 Å². The summed E-state index contributed by atoms with van der Waals surface area (Å²) in [7, 11) is 0. The Bertz CT molecular complexity index is 503. The predicted molar refractivity (Wildman–Crippen MR) is 75.7 cm³/mol. The highest BCUT2D eigenvalue weighted by molar-refractivity contribution is 9.11. The van der Waals surface area contributed by atoms with Gasteiger partial charge < -0.3 is 9.73 Å². The van der Waals surface area contributed by atoms with E-state index in [1.165, 1.54) is 10.4 Å². The lowest BCUT2D eigenvalue weighted by atomic mass is 10.1. The van der Waals surface area contributed by atoms with Crippen molar-refractivity contribution < 1.29 is 4.42 Å². The molecule has 0 amide bonds. The van der Waals surface area contributed by atoms with Crippen molar-refractivity contribution >= 4 is 27.3 Å². The first-order valence-electron chi connectivity index (χ1n) is 5.67. The molecule has 2 heterocycles. The highest BCUT2D eigenvalue weighted by Gasteiger charge is 2.20. The molecule has 1 atom stereocenters. The minimum Gasteiger partial charge on any atom is -0.464 e. The zero-order chi connectivity index (χ0) is 12.4. The fourth-order valence-corrected chi connectivity index (χ4v) is 3.67. The van der Waals surface area contributed by atoms with Crippen molar-refractivity contribution in [1.82, 2.24) is 5.32 Å². The lowest BCUT2D eigenvalue weighted by molar-refractivity contribution is 0.435. The summed E-state index contributed by atoms with van der Waals surface area (Å²) in [4.78, 5) is 1.32. The van der Waals surface area contributed by atoms with E-state index in [2.05, 4.69) is 41.2 Å². The van der Waals surface area contributed by atoms with Crippen molar-refractivity contribution in [1.29, 1.82) is 0 Å². The summed E-state index contributed by atoms with van der Waals surface area (Å²) in [5.41, 5.74) is 1.29. The third-order valence-electron chi connectivity index (χ3n) is 2.69. The molecule has 1 N–H and O–H groups in total. The number of rotatable bonds is 4. The van der Waals surface area contributed by atoms with E-state index in [1.807, 2.05) is 19.1 Å². The molecule has 0 fully saturated rings. The summed E-state index contributed by atoms with van der Waals surface area (Å²) >= 11 is 5.30. The molecule has 0 saturated carbocycles. The zero-order valence-electron chi connectivity index (χ0n) is 10.2. The summed E-state index contributed by atoms with van der Waals surface area (Å²) in [6, 6.07) is 6.38. The third kappa shape index (κ3) is 2.81. The zero-order valence-corrected chi connectivity index (χ0v) is 12.6. The summed E-state index contributed by atoms with van der Waals surface area (Å²) in [5.74, 6) is 1.94. The Morgan fingerprint density at radius 1 is 1.41 bits per heavy atom. The molecule has 0 radical (unpaired) electrons. The van der Waals surface area contributed by atoms with Gasteiger partial charge in [-0.25, -0.2) is 0 Å². The largest absolute Gasteiger partial charge is 0.464 e. The van der Waals surface area contributed by atoms with Crippen LogP contribution in [0, 0.1) is 13.8 Å². The number of hydrogen-bond donors (Lipinski definition) is 1. The number of halogens is 1. The van der Waals surface area contributed by atoms with E-state index in [0.717, 1.165) is 21.9 Å². The smallest absolute Gasteiger partial charge is 0.125 e. The van der Waals surface area contributed by atoms with Gasteiger partial charge in [0, 0.05) is 4.88 Å². The maximum Gasteiger partial charge on any atom is 0.125 e. The van der Waals surface area contributed by atoms with Crippen LogP contribution in [0.25, 0.3) is 0 Å². The highest BCUT2D eigenvalue weighted by Crippen LogP contribution is 2.34. The summed E-state index contributed by atoms with van der Waals surface area (Å²) in [6.07, 6.45) is 0. The van der Waals surface area contributed by atoms with E-state index >= 15 is 0 Å². The molecule has 2 aromatic rings. The molecule has 2 rings (SSSR count). The monoisotopic (exact) mass is 313 g/mol. The van der Waals surface area contributed by atoms with Crippen molar-refractivity contribution in [2.45, 2.75) is 26.8 Å². The van der Waals surface area contributed by atoms with E-state index in [0.29, 0.717) is 0 Å². The number of aryl methyl sites for hydroxylation is 2. The van der Waals surface area contributed by atoms with E-state index in [9.17, 15) is 0 Å². The van der Waals surface area contributed by atoms with Crippen molar-refractivity contribution in [3.63, 3.8) is 0 Å². The standard InChI is InChI=1S/C13H16BrNOS/c1-4-15-13(11-6-5-8(2)16-11)10-7-12(14)17-9(10)3/h5-7,13,15H,4H2,1-3H3. The second kappa shape index (κ2) is 5.38. The van der Waals surface area contributed by atoms with Crippen molar-refractivity contribution in [2.75, 3.05) is 6.54 Å². The maximum absolute atomic E-state index is 5.74. The van der Waals surface area contributed by atoms with Crippen molar-refractivity contribution in [2.24, 2.45) is 0 Å². The molecule has 0 saturated heterocycles. The normalized spacial score (nSPS) is 12.9. The Kier molecular flexibility index (Phi) is 4.07. The minimum absolute atomic E-state index is 0.149. The Labute approximate surface area is 114 Å². The van der Waals surface area contributed by atoms with Gasteiger partial charge in [-0.15, -0.1) is 11.3 Å². The first-order chi connectivity index (χ1) is 8.11. The van der Waals surface area contributed by atoms with E-state index in [1.54, 1.807) is 11.3 Å². The van der Waals surface area contributed by atoms with Gasteiger partial charge in [0.25, 0.3) is 0 Å². The topological polar surface area (TPSA) is 25.2 Å². The lowest BCUT2D eigenvalue weighted by Crippen LogP contribution is -2.21. The third-order valence-corrected chi connectivity index (χ3v) is 4.26. The molecule has 0 spiro atoms. The van der Waals surface area contributed by atoms with Crippen LogP contribution in [0.3, 0.4) is 0 Å². The molecule has 1 unspecified atom stereocenters. The number of furan rings is 1. The van der Waals surface area contributed by atoms with Crippen LogP contribution in [0.15, 0.2) is 26.4 Å². The molecule has 92 valence electrons. The van der Waals surface area contributed by atoms with Crippen LogP contribution >= 0.6 is 27.3 Å². The maximum atomic E-state index is 5.74. The average molecular weight is 314 g/mol. The van der Waals surface area contributed by atoms with Gasteiger partial charge in [0.05, 0.1) is 9.83 Å². The lowest BCUT2D eigenvalue weighted by Gasteiger charge is -2.15. The predicted octanol–water partition coefficient (Wildman–Crippen LogP) is 4.42. The summed E-state index contributed by atoms with van der Waals surface area (Å²) in [6.45, 7) is 7.14.